The number of aliphatic hydroxyl groups is 1. The van der Waals surface area contributed by atoms with Crippen molar-refractivity contribution in [3.8, 4) is 11.8 Å². The number of carbonyl (C=O) groups excluding carboxylic acids is 1. The normalized spacial score (nSPS) is 28.0. The first-order valence-corrected chi connectivity index (χ1v) is 8.50. The Bertz CT molecular complexity index is 911. The van der Waals surface area contributed by atoms with E-state index in [-0.39, 0.29) is 6.61 Å². The standard InChI is InChI=1S/C19H23N3O4/c1-6-7-19(5)14(9-23)26-18(16(19)25-13(4)24)22-10-20-15-11(2)8-12(3)21-17(15)22/h8,10,14,16,18,23H,9H2,1-5H3/t14-,16+,18-,19+/m1/s1. The minimum absolute atomic E-state index is 0.239. The molecule has 1 aliphatic rings. The second-order valence-electron chi connectivity index (χ2n) is 6.79. The van der Waals surface area contributed by atoms with E-state index >= 15 is 0 Å². The molecule has 7 heteroatoms. The zero-order chi connectivity index (χ0) is 19.1. The molecule has 4 atom stereocenters. The Hall–Kier alpha value is -2.43. The summed E-state index contributed by atoms with van der Waals surface area (Å²) in [6, 6.07) is 1.96. The smallest absolute Gasteiger partial charge is 0.303 e. The number of aryl methyl sites for hydroxylation is 2. The number of carbonyl (C=O) groups is 1. The van der Waals surface area contributed by atoms with E-state index in [0.717, 1.165) is 16.8 Å². The van der Waals surface area contributed by atoms with Crippen molar-refractivity contribution in [2.24, 2.45) is 5.41 Å². The Morgan fingerprint density at radius 3 is 2.85 bits per heavy atom. The molecule has 0 bridgehead atoms. The highest BCUT2D eigenvalue weighted by Gasteiger charge is 2.56. The van der Waals surface area contributed by atoms with Crippen LogP contribution < -0.4 is 0 Å². The molecular formula is C19H23N3O4. The van der Waals surface area contributed by atoms with Crippen LogP contribution in [0.4, 0.5) is 0 Å². The van der Waals surface area contributed by atoms with Crippen LogP contribution in [0, 0.1) is 31.1 Å². The molecule has 2 aromatic rings. The molecule has 0 spiro atoms. The number of nitrogens with zero attached hydrogens (tertiary/aromatic N) is 3. The van der Waals surface area contributed by atoms with Crippen LogP contribution in [0.5, 0.6) is 0 Å². The first-order valence-electron chi connectivity index (χ1n) is 8.50. The molecule has 0 aromatic carbocycles. The molecule has 3 rings (SSSR count). The van der Waals surface area contributed by atoms with Gasteiger partial charge >= 0.3 is 5.97 Å². The monoisotopic (exact) mass is 357 g/mol. The van der Waals surface area contributed by atoms with Crippen LogP contribution in [-0.4, -0.2) is 44.4 Å². The third kappa shape index (κ3) is 2.85. The van der Waals surface area contributed by atoms with Crippen LogP contribution in [-0.2, 0) is 14.3 Å². The van der Waals surface area contributed by atoms with Crippen molar-refractivity contribution in [1.82, 2.24) is 14.5 Å². The highest BCUT2D eigenvalue weighted by molar-refractivity contribution is 5.75. The van der Waals surface area contributed by atoms with Crippen molar-refractivity contribution in [1.29, 1.82) is 0 Å². The van der Waals surface area contributed by atoms with Crippen LogP contribution in [0.15, 0.2) is 12.4 Å². The third-order valence-corrected chi connectivity index (χ3v) is 4.80. The van der Waals surface area contributed by atoms with Gasteiger partial charge in [0.2, 0.25) is 0 Å². The summed E-state index contributed by atoms with van der Waals surface area (Å²) in [6.07, 6.45) is -0.358. The Morgan fingerprint density at radius 2 is 2.23 bits per heavy atom. The fraction of sp³-hybridized carbons (Fsp3) is 0.526. The summed E-state index contributed by atoms with van der Waals surface area (Å²) in [5.41, 5.74) is 2.42. The third-order valence-electron chi connectivity index (χ3n) is 4.80. The Balaban J connectivity index is 2.16. The molecule has 7 nitrogen and oxygen atoms in total. The van der Waals surface area contributed by atoms with Gasteiger partial charge in [-0.3, -0.25) is 9.36 Å². The van der Waals surface area contributed by atoms with Gasteiger partial charge in [-0.2, -0.15) is 0 Å². The van der Waals surface area contributed by atoms with E-state index in [0.29, 0.717) is 5.65 Å². The highest BCUT2D eigenvalue weighted by atomic mass is 16.6. The van der Waals surface area contributed by atoms with E-state index in [1.165, 1.54) is 6.92 Å². The molecule has 0 aliphatic carbocycles. The molecule has 0 saturated carbocycles. The number of hydrogen-bond acceptors (Lipinski definition) is 6. The van der Waals surface area contributed by atoms with Crippen LogP contribution in [0.2, 0.25) is 0 Å². The van der Waals surface area contributed by atoms with Crippen LogP contribution >= 0.6 is 0 Å². The Labute approximate surface area is 152 Å². The lowest BCUT2D eigenvalue weighted by molar-refractivity contribution is -0.154. The molecule has 26 heavy (non-hydrogen) atoms. The summed E-state index contributed by atoms with van der Waals surface area (Å²) < 4.78 is 13.4. The van der Waals surface area contributed by atoms with E-state index in [4.69, 9.17) is 9.47 Å². The number of hydrogen-bond donors (Lipinski definition) is 1. The van der Waals surface area contributed by atoms with Crippen molar-refractivity contribution in [3.05, 3.63) is 23.7 Å². The molecule has 1 saturated heterocycles. The average molecular weight is 357 g/mol. The second-order valence-corrected chi connectivity index (χ2v) is 6.79. The maximum atomic E-state index is 11.7. The van der Waals surface area contributed by atoms with Gasteiger partial charge in [-0.1, -0.05) is 5.92 Å². The minimum Gasteiger partial charge on any atom is -0.456 e. The molecular weight excluding hydrogens is 334 g/mol. The number of ether oxygens (including phenoxy) is 2. The van der Waals surface area contributed by atoms with Crippen molar-refractivity contribution < 1.29 is 19.4 Å². The molecule has 138 valence electrons. The molecule has 0 amide bonds. The largest absolute Gasteiger partial charge is 0.456 e. The molecule has 2 aromatic heterocycles. The molecule has 0 radical (unpaired) electrons. The highest BCUT2D eigenvalue weighted by Crippen LogP contribution is 2.45. The van der Waals surface area contributed by atoms with E-state index in [2.05, 4.69) is 21.8 Å². The van der Waals surface area contributed by atoms with Gasteiger partial charge in [0.05, 0.1) is 18.3 Å². The van der Waals surface area contributed by atoms with E-state index in [9.17, 15) is 9.90 Å². The summed E-state index contributed by atoms with van der Waals surface area (Å²) in [5, 5.41) is 9.82. The number of imidazole rings is 1. The number of esters is 1. The van der Waals surface area contributed by atoms with Gasteiger partial charge in [-0.25, -0.2) is 9.97 Å². The zero-order valence-electron chi connectivity index (χ0n) is 15.6. The van der Waals surface area contributed by atoms with Crippen molar-refractivity contribution in [2.75, 3.05) is 6.61 Å². The predicted molar refractivity (Wildman–Crippen MR) is 95.1 cm³/mol. The lowest BCUT2D eigenvalue weighted by Gasteiger charge is -2.29. The summed E-state index contributed by atoms with van der Waals surface area (Å²) >= 11 is 0. The van der Waals surface area contributed by atoms with E-state index < -0.39 is 29.8 Å². The van der Waals surface area contributed by atoms with Gasteiger partial charge in [-0.15, -0.1) is 5.92 Å². The van der Waals surface area contributed by atoms with Crippen LogP contribution in [0.1, 0.15) is 38.3 Å². The van der Waals surface area contributed by atoms with E-state index in [1.807, 2.05) is 26.8 Å². The lowest BCUT2D eigenvalue weighted by atomic mass is 9.81. The number of aromatic nitrogens is 3. The maximum Gasteiger partial charge on any atom is 0.303 e. The Kier molecular flexibility index (Phi) is 4.74. The fourth-order valence-corrected chi connectivity index (χ4v) is 3.60. The quantitative estimate of drug-likeness (QED) is 0.667. The SMILES string of the molecule is CC#C[C@@]1(C)[C@@H](CO)O[C@@H](n2cnc3c(C)cc(C)nc32)[C@@H]1OC(C)=O. The summed E-state index contributed by atoms with van der Waals surface area (Å²) in [7, 11) is 0. The van der Waals surface area contributed by atoms with Crippen molar-refractivity contribution in [2.45, 2.75) is 53.1 Å². The summed E-state index contributed by atoms with van der Waals surface area (Å²) in [5.74, 6) is 5.51. The van der Waals surface area contributed by atoms with Gasteiger partial charge in [0.25, 0.3) is 0 Å². The van der Waals surface area contributed by atoms with Gasteiger partial charge < -0.3 is 14.6 Å². The van der Waals surface area contributed by atoms with Crippen molar-refractivity contribution >= 4 is 17.1 Å². The number of fused-ring (bicyclic) bond motifs is 1. The van der Waals surface area contributed by atoms with E-state index in [1.54, 1.807) is 17.8 Å². The first kappa shape index (κ1) is 18.4. The topological polar surface area (TPSA) is 86.5 Å². The van der Waals surface area contributed by atoms with Gasteiger partial charge in [0, 0.05) is 12.6 Å². The number of aliphatic hydroxyl groups excluding tert-OH is 1. The molecule has 1 aliphatic heterocycles. The molecule has 3 heterocycles. The summed E-state index contributed by atoms with van der Waals surface area (Å²) in [6.45, 7) is 8.53. The van der Waals surface area contributed by atoms with Crippen molar-refractivity contribution in [3.63, 3.8) is 0 Å². The molecule has 0 unspecified atom stereocenters. The number of rotatable bonds is 3. The molecule has 1 N–H and O–H groups in total. The predicted octanol–water partition coefficient (Wildman–Crippen LogP) is 1.90. The van der Waals surface area contributed by atoms with Gasteiger partial charge in [0.1, 0.15) is 11.6 Å². The minimum atomic E-state index is -0.852. The average Bonchev–Trinajstić information content (AvgIpc) is 3.08. The maximum absolute atomic E-state index is 11.7. The van der Waals surface area contributed by atoms with Crippen LogP contribution in [0.25, 0.3) is 11.2 Å². The lowest BCUT2D eigenvalue weighted by Crippen LogP contribution is -2.40. The van der Waals surface area contributed by atoms with Gasteiger partial charge in [0.15, 0.2) is 18.0 Å². The van der Waals surface area contributed by atoms with Gasteiger partial charge in [-0.05, 0) is 39.3 Å². The summed E-state index contributed by atoms with van der Waals surface area (Å²) in [4.78, 5) is 20.8. The molecule has 1 fully saturated rings. The zero-order valence-corrected chi connectivity index (χ0v) is 15.6. The number of pyridine rings is 1. The first-order chi connectivity index (χ1) is 12.3. The fourth-order valence-electron chi connectivity index (χ4n) is 3.60. The second kappa shape index (κ2) is 6.71. The van der Waals surface area contributed by atoms with Crippen LogP contribution in [0.3, 0.4) is 0 Å². The Morgan fingerprint density at radius 1 is 1.50 bits per heavy atom.